The van der Waals surface area contributed by atoms with Crippen molar-refractivity contribution in [2.45, 2.75) is 6.92 Å². The van der Waals surface area contributed by atoms with E-state index < -0.39 is 11.6 Å². The molecule has 0 fully saturated rings. The normalized spacial score (nSPS) is 9.73. The molecule has 0 spiro atoms. The molecule has 0 bridgehead atoms. The number of hydrogen-bond donors (Lipinski definition) is 0. The second-order valence-electron chi connectivity index (χ2n) is 2.24. The molecule has 1 aromatic carbocycles. The number of aldehydes is 1. The number of aryl methyl sites for hydroxylation is 1. The first kappa shape index (κ1) is 7.85. The maximum absolute atomic E-state index is 12.6. The van der Waals surface area contributed by atoms with Crippen LogP contribution < -0.4 is 0 Å². The fourth-order valence-corrected chi connectivity index (χ4v) is 0.752. The average Bonchev–Trinajstić information content (AvgIpc) is 1.97. The van der Waals surface area contributed by atoms with Crippen LogP contribution in [-0.2, 0) is 0 Å². The predicted octanol–water partition coefficient (Wildman–Crippen LogP) is 2.09. The Morgan fingerprint density at radius 2 is 1.91 bits per heavy atom. The Balaban J connectivity index is 3.31. The van der Waals surface area contributed by atoms with Gasteiger partial charge in [0.2, 0.25) is 0 Å². The Labute approximate surface area is 62.7 Å². The number of carbonyl (C=O) groups excluding carboxylic acids is 1. The number of rotatable bonds is 1. The van der Waals surface area contributed by atoms with Gasteiger partial charge in [-0.15, -0.1) is 0 Å². The van der Waals surface area contributed by atoms with Gasteiger partial charge >= 0.3 is 0 Å². The Kier molecular flexibility index (Phi) is 1.98. The van der Waals surface area contributed by atoms with E-state index >= 15 is 0 Å². The molecule has 0 N–H and O–H groups in total. The first-order valence-corrected chi connectivity index (χ1v) is 3.06. The molecule has 0 heterocycles. The fraction of sp³-hybridized carbons (Fsp3) is 0.125. The van der Waals surface area contributed by atoms with Crippen molar-refractivity contribution in [1.29, 1.82) is 0 Å². The minimum Gasteiger partial charge on any atom is -0.298 e. The lowest BCUT2D eigenvalue weighted by Gasteiger charge is -1.97. The highest BCUT2D eigenvalue weighted by Crippen LogP contribution is 2.11. The van der Waals surface area contributed by atoms with Crippen LogP contribution in [0.4, 0.5) is 8.78 Å². The highest BCUT2D eigenvalue weighted by molar-refractivity contribution is 5.75. The summed E-state index contributed by atoms with van der Waals surface area (Å²) in [5, 5.41) is 0. The van der Waals surface area contributed by atoms with Crippen LogP contribution in [0.25, 0.3) is 0 Å². The van der Waals surface area contributed by atoms with Crippen molar-refractivity contribution < 1.29 is 13.6 Å². The third kappa shape index (κ3) is 1.42. The zero-order valence-electron chi connectivity index (χ0n) is 5.90. The van der Waals surface area contributed by atoms with Crippen molar-refractivity contribution in [1.82, 2.24) is 0 Å². The predicted molar refractivity (Wildman–Crippen MR) is 36.5 cm³/mol. The summed E-state index contributed by atoms with van der Waals surface area (Å²) in [5.41, 5.74) is -0.0406. The number of benzene rings is 1. The quantitative estimate of drug-likeness (QED) is 0.569. The van der Waals surface area contributed by atoms with E-state index in [2.05, 4.69) is 0 Å². The largest absolute Gasteiger partial charge is 0.298 e. The summed E-state index contributed by atoms with van der Waals surface area (Å²) in [7, 11) is 0. The van der Waals surface area contributed by atoms with Gasteiger partial charge in [-0.05, 0) is 24.6 Å². The molecule has 0 saturated carbocycles. The van der Waals surface area contributed by atoms with Crippen molar-refractivity contribution in [3.8, 4) is 0 Å². The molecule has 0 atom stereocenters. The Morgan fingerprint density at radius 3 is 2.45 bits per heavy atom. The Morgan fingerprint density at radius 1 is 1.27 bits per heavy atom. The SMILES string of the molecule is Cc1cc(F)c(C=O)cc1F. The van der Waals surface area contributed by atoms with Gasteiger partial charge in [-0.2, -0.15) is 0 Å². The second-order valence-corrected chi connectivity index (χ2v) is 2.24. The van der Waals surface area contributed by atoms with E-state index in [1.165, 1.54) is 6.92 Å². The van der Waals surface area contributed by atoms with Crippen LogP contribution >= 0.6 is 0 Å². The molecule has 11 heavy (non-hydrogen) atoms. The van der Waals surface area contributed by atoms with Gasteiger partial charge in [0.25, 0.3) is 0 Å². The van der Waals surface area contributed by atoms with Gasteiger partial charge in [-0.1, -0.05) is 0 Å². The van der Waals surface area contributed by atoms with Crippen LogP contribution in [0.3, 0.4) is 0 Å². The van der Waals surface area contributed by atoms with Crippen molar-refractivity contribution in [3.05, 3.63) is 34.9 Å². The third-order valence-electron chi connectivity index (χ3n) is 1.40. The molecule has 3 heteroatoms. The minimum atomic E-state index is -0.682. The third-order valence-corrected chi connectivity index (χ3v) is 1.40. The topological polar surface area (TPSA) is 17.1 Å². The van der Waals surface area contributed by atoms with Gasteiger partial charge in [-0.25, -0.2) is 8.78 Å². The molecule has 1 nitrogen and oxygen atoms in total. The second kappa shape index (κ2) is 2.78. The lowest BCUT2D eigenvalue weighted by atomic mass is 10.1. The molecule has 0 aromatic heterocycles. The van der Waals surface area contributed by atoms with E-state index in [9.17, 15) is 13.6 Å². The summed E-state index contributed by atoms with van der Waals surface area (Å²) in [6.07, 6.45) is 0.290. The summed E-state index contributed by atoms with van der Waals surface area (Å²) >= 11 is 0. The van der Waals surface area contributed by atoms with Gasteiger partial charge in [-0.3, -0.25) is 4.79 Å². The fourth-order valence-electron chi connectivity index (χ4n) is 0.752. The van der Waals surface area contributed by atoms with Gasteiger partial charge in [0.15, 0.2) is 6.29 Å². The highest BCUT2D eigenvalue weighted by Gasteiger charge is 2.04. The van der Waals surface area contributed by atoms with Crippen molar-refractivity contribution in [3.63, 3.8) is 0 Å². The van der Waals surface area contributed by atoms with Crippen LogP contribution in [0.15, 0.2) is 12.1 Å². The monoisotopic (exact) mass is 156 g/mol. The summed E-state index contributed by atoms with van der Waals surface area (Å²) in [5.74, 6) is -1.24. The van der Waals surface area contributed by atoms with E-state index in [-0.39, 0.29) is 17.4 Å². The van der Waals surface area contributed by atoms with E-state index in [0.717, 1.165) is 12.1 Å². The maximum atomic E-state index is 12.6. The van der Waals surface area contributed by atoms with Crippen LogP contribution in [-0.4, -0.2) is 6.29 Å². The van der Waals surface area contributed by atoms with Gasteiger partial charge in [0, 0.05) is 0 Å². The minimum absolute atomic E-state index is 0.202. The molecule has 0 saturated heterocycles. The lowest BCUT2D eigenvalue weighted by Crippen LogP contribution is -1.92. The zero-order chi connectivity index (χ0) is 8.43. The maximum Gasteiger partial charge on any atom is 0.153 e. The average molecular weight is 156 g/mol. The van der Waals surface area contributed by atoms with Crippen molar-refractivity contribution in [2.75, 3.05) is 0 Å². The summed E-state index contributed by atoms with van der Waals surface area (Å²) in [6.45, 7) is 1.44. The van der Waals surface area contributed by atoms with Crippen molar-refractivity contribution in [2.24, 2.45) is 0 Å². The standard InChI is InChI=1S/C8H6F2O/c1-5-2-8(10)6(4-11)3-7(5)9/h2-4H,1H3. The van der Waals surface area contributed by atoms with E-state index in [1.807, 2.05) is 0 Å². The molecule has 0 aliphatic heterocycles. The molecule has 0 aliphatic carbocycles. The number of hydrogen-bond acceptors (Lipinski definition) is 1. The van der Waals surface area contributed by atoms with Crippen molar-refractivity contribution >= 4 is 6.29 Å². The van der Waals surface area contributed by atoms with Crippen LogP contribution in [0, 0.1) is 18.6 Å². The van der Waals surface area contributed by atoms with Crippen LogP contribution in [0.1, 0.15) is 15.9 Å². The first-order valence-electron chi connectivity index (χ1n) is 3.06. The molecule has 58 valence electrons. The summed E-state index contributed by atoms with van der Waals surface area (Å²) in [6, 6.07) is 1.89. The zero-order valence-corrected chi connectivity index (χ0v) is 5.90. The highest BCUT2D eigenvalue weighted by atomic mass is 19.1. The Hall–Kier alpha value is -1.25. The molecular formula is C8H6F2O. The molecule has 0 radical (unpaired) electrons. The molecule has 0 unspecified atom stereocenters. The smallest absolute Gasteiger partial charge is 0.153 e. The first-order chi connectivity index (χ1) is 5.15. The van der Waals surface area contributed by atoms with E-state index in [4.69, 9.17) is 0 Å². The summed E-state index contributed by atoms with van der Waals surface area (Å²) in [4.78, 5) is 10.1. The molecular weight excluding hydrogens is 150 g/mol. The molecule has 1 rings (SSSR count). The summed E-state index contributed by atoms with van der Waals surface area (Å²) < 4.78 is 25.3. The number of carbonyl (C=O) groups is 1. The molecule has 0 amide bonds. The Bertz CT molecular complexity index is 294. The molecule has 1 aromatic rings. The van der Waals surface area contributed by atoms with Gasteiger partial charge in [0.05, 0.1) is 5.56 Å². The van der Waals surface area contributed by atoms with Gasteiger partial charge < -0.3 is 0 Å². The van der Waals surface area contributed by atoms with E-state index in [0.29, 0.717) is 0 Å². The van der Waals surface area contributed by atoms with Crippen LogP contribution in [0.5, 0.6) is 0 Å². The van der Waals surface area contributed by atoms with Crippen LogP contribution in [0.2, 0.25) is 0 Å². The molecule has 0 aliphatic rings. The van der Waals surface area contributed by atoms with E-state index in [1.54, 1.807) is 0 Å². The van der Waals surface area contributed by atoms with Gasteiger partial charge in [0.1, 0.15) is 11.6 Å². The number of halogens is 2. The lowest BCUT2D eigenvalue weighted by molar-refractivity contribution is 0.111.